The molecule has 32 heavy (non-hydrogen) atoms. The Morgan fingerprint density at radius 1 is 1.06 bits per heavy atom. The van der Waals surface area contributed by atoms with Crippen LogP contribution in [0.25, 0.3) is 0 Å². The highest BCUT2D eigenvalue weighted by atomic mass is 32.1. The Morgan fingerprint density at radius 3 is 2.69 bits per heavy atom. The van der Waals surface area contributed by atoms with Gasteiger partial charge in [0, 0.05) is 17.8 Å². The maximum atomic E-state index is 13.7. The molecule has 0 saturated heterocycles. The van der Waals surface area contributed by atoms with E-state index >= 15 is 0 Å². The van der Waals surface area contributed by atoms with E-state index in [1.165, 1.54) is 35.5 Å². The van der Waals surface area contributed by atoms with Gasteiger partial charge in [0.1, 0.15) is 11.6 Å². The Bertz CT molecular complexity index is 1090. The molecule has 166 valence electrons. The second-order valence-corrected chi connectivity index (χ2v) is 8.67. The zero-order valence-electron chi connectivity index (χ0n) is 17.5. The number of ether oxygens (including phenoxy) is 1. The lowest BCUT2D eigenvalue weighted by atomic mass is 10.0. The molecule has 0 spiro atoms. The molecule has 1 aliphatic carbocycles. The second-order valence-electron chi connectivity index (χ2n) is 7.50. The van der Waals surface area contributed by atoms with Crippen molar-refractivity contribution >= 4 is 28.8 Å². The van der Waals surface area contributed by atoms with E-state index in [4.69, 9.17) is 9.72 Å². The van der Waals surface area contributed by atoms with Crippen LogP contribution in [0.4, 0.5) is 10.1 Å². The molecular formula is C24H24FN3O3S. The SMILES string of the molecule is O=C(COc1ccccc1C(=O)NCCc1nc2c(s1)CCCC2)Nc1ccccc1F. The Kier molecular flexibility index (Phi) is 7.11. The molecule has 1 aromatic heterocycles. The van der Waals surface area contributed by atoms with Crippen molar-refractivity contribution in [2.24, 2.45) is 0 Å². The van der Waals surface area contributed by atoms with E-state index in [0.717, 1.165) is 17.8 Å². The average molecular weight is 454 g/mol. The van der Waals surface area contributed by atoms with Crippen LogP contribution in [0.2, 0.25) is 0 Å². The maximum Gasteiger partial charge on any atom is 0.262 e. The van der Waals surface area contributed by atoms with Crippen LogP contribution in [0.15, 0.2) is 48.5 Å². The molecule has 4 rings (SSSR count). The third kappa shape index (κ3) is 5.50. The van der Waals surface area contributed by atoms with E-state index in [0.29, 0.717) is 24.3 Å². The van der Waals surface area contributed by atoms with Crippen molar-refractivity contribution in [2.75, 3.05) is 18.5 Å². The van der Waals surface area contributed by atoms with Gasteiger partial charge in [-0.2, -0.15) is 0 Å². The highest BCUT2D eigenvalue weighted by molar-refractivity contribution is 7.11. The van der Waals surface area contributed by atoms with Crippen molar-refractivity contribution in [3.05, 3.63) is 75.5 Å². The van der Waals surface area contributed by atoms with Gasteiger partial charge in [-0.1, -0.05) is 24.3 Å². The largest absolute Gasteiger partial charge is 0.483 e. The number of amides is 2. The summed E-state index contributed by atoms with van der Waals surface area (Å²) in [7, 11) is 0. The number of rotatable bonds is 8. The maximum absolute atomic E-state index is 13.7. The third-order valence-electron chi connectivity index (χ3n) is 5.15. The van der Waals surface area contributed by atoms with Gasteiger partial charge in [0.15, 0.2) is 6.61 Å². The number of hydrogen-bond acceptors (Lipinski definition) is 5. The Hall–Kier alpha value is -3.26. The molecule has 1 heterocycles. The minimum absolute atomic E-state index is 0.0796. The van der Waals surface area contributed by atoms with E-state index in [-0.39, 0.29) is 18.2 Å². The number of benzene rings is 2. The van der Waals surface area contributed by atoms with Gasteiger partial charge >= 0.3 is 0 Å². The summed E-state index contributed by atoms with van der Waals surface area (Å²) in [4.78, 5) is 30.9. The number of aromatic nitrogens is 1. The Balaban J connectivity index is 1.30. The van der Waals surface area contributed by atoms with Crippen LogP contribution in [-0.2, 0) is 24.1 Å². The molecule has 3 aromatic rings. The zero-order chi connectivity index (χ0) is 22.3. The van der Waals surface area contributed by atoms with Crippen LogP contribution >= 0.6 is 11.3 Å². The van der Waals surface area contributed by atoms with E-state index in [2.05, 4.69) is 10.6 Å². The molecule has 0 radical (unpaired) electrons. The molecule has 2 N–H and O–H groups in total. The second kappa shape index (κ2) is 10.4. The van der Waals surface area contributed by atoms with Crippen molar-refractivity contribution in [1.82, 2.24) is 10.3 Å². The van der Waals surface area contributed by atoms with Crippen LogP contribution in [0.5, 0.6) is 5.75 Å². The number of aryl methyl sites for hydroxylation is 2. The lowest BCUT2D eigenvalue weighted by molar-refractivity contribution is -0.118. The summed E-state index contributed by atoms with van der Waals surface area (Å²) in [5.74, 6) is -1.03. The number of para-hydroxylation sites is 2. The first kappa shape index (κ1) is 22.0. The number of carbonyl (C=O) groups is 2. The number of hydrogen-bond donors (Lipinski definition) is 2. The summed E-state index contributed by atoms with van der Waals surface area (Å²) >= 11 is 1.74. The van der Waals surface area contributed by atoms with Crippen molar-refractivity contribution in [1.29, 1.82) is 0 Å². The minimum atomic E-state index is -0.526. The molecular weight excluding hydrogens is 429 g/mol. The normalized spacial score (nSPS) is 12.7. The smallest absolute Gasteiger partial charge is 0.262 e. The molecule has 6 nitrogen and oxygen atoms in total. The summed E-state index contributed by atoms with van der Waals surface area (Å²) in [6, 6.07) is 12.6. The fourth-order valence-electron chi connectivity index (χ4n) is 3.56. The number of halogens is 1. The third-order valence-corrected chi connectivity index (χ3v) is 6.37. The number of nitrogens with one attached hydrogen (secondary N) is 2. The summed E-state index contributed by atoms with van der Waals surface area (Å²) < 4.78 is 19.2. The molecule has 2 amide bonds. The molecule has 0 bridgehead atoms. The first-order chi connectivity index (χ1) is 15.6. The van der Waals surface area contributed by atoms with Crippen LogP contribution in [0, 0.1) is 5.82 Å². The van der Waals surface area contributed by atoms with E-state index in [1.807, 2.05) is 0 Å². The van der Waals surface area contributed by atoms with E-state index in [1.54, 1.807) is 47.7 Å². The summed E-state index contributed by atoms with van der Waals surface area (Å²) in [5, 5.41) is 6.41. The van der Waals surface area contributed by atoms with Gasteiger partial charge in [-0.25, -0.2) is 9.37 Å². The van der Waals surface area contributed by atoms with Crippen molar-refractivity contribution < 1.29 is 18.7 Å². The van der Waals surface area contributed by atoms with E-state index in [9.17, 15) is 14.0 Å². The molecule has 2 aromatic carbocycles. The van der Waals surface area contributed by atoms with E-state index < -0.39 is 11.7 Å². The van der Waals surface area contributed by atoms with Crippen molar-refractivity contribution in [2.45, 2.75) is 32.1 Å². The number of fused-ring (bicyclic) bond motifs is 1. The molecule has 0 unspecified atom stereocenters. The van der Waals surface area contributed by atoms with Gasteiger partial charge < -0.3 is 15.4 Å². The predicted octanol–water partition coefficient (Wildman–Crippen LogP) is 4.15. The number of carbonyl (C=O) groups excluding carboxylic acids is 2. The summed E-state index contributed by atoms with van der Waals surface area (Å²) in [6.45, 7) is 0.122. The monoisotopic (exact) mass is 453 g/mol. The fraction of sp³-hybridized carbons (Fsp3) is 0.292. The predicted molar refractivity (Wildman–Crippen MR) is 122 cm³/mol. The van der Waals surface area contributed by atoms with Gasteiger partial charge in [0.2, 0.25) is 0 Å². The summed E-state index contributed by atoms with van der Waals surface area (Å²) in [5.41, 5.74) is 1.63. The number of nitrogens with zero attached hydrogens (tertiary/aromatic N) is 1. The molecule has 1 aliphatic rings. The summed E-state index contributed by atoms with van der Waals surface area (Å²) in [6.07, 6.45) is 5.25. The Labute approximate surface area is 189 Å². The first-order valence-corrected chi connectivity index (χ1v) is 11.4. The van der Waals surface area contributed by atoms with Crippen LogP contribution in [0.3, 0.4) is 0 Å². The molecule has 0 fully saturated rings. The lowest BCUT2D eigenvalue weighted by Crippen LogP contribution is -2.27. The molecule has 0 atom stereocenters. The number of anilines is 1. The quantitative estimate of drug-likeness (QED) is 0.537. The van der Waals surface area contributed by atoms with Crippen LogP contribution in [0.1, 0.15) is 38.8 Å². The van der Waals surface area contributed by atoms with Gasteiger partial charge in [0.25, 0.3) is 11.8 Å². The standard InChI is InChI=1S/C24H24FN3O3S/c25-17-8-2-3-9-18(17)27-22(29)15-31-20-11-5-1-7-16(20)24(30)26-14-13-23-28-19-10-4-6-12-21(19)32-23/h1-3,5,7-9,11H,4,6,10,12-15H2,(H,26,30)(H,27,29). The van der Waals surface area contributed by atoms with Crippen molar-refractivity contribution in [3.8, 4) is 5.75 Å². The van der Waals surface area contributed by atoms with Crippen LogP contribution in [-0.4, -0.2) is 29.9 Å². The van der Waals surface area contributed by atoms with Crippen LogP contribution < -0.4 is 15.4 Å². The zero-order valence-corrected chi connectivity index (χ0v) is 18.3. The highest BCUT2D eigenvalue weighted by Crippen LogP contribution is 2.26. The topological polar surface area (TPSA) is 80.3 Å². The molecule has 0 saturated carbocycles. The number of thiazole rings is 1. The molecule has 8 heteroatoms. The van der Waals surface area contributed by atoms with Gasteiger partial charge in [-0.3, -0.25) is 9.59 Å². The van der Waals surface area contributed by atoms with Crippen molar-refractivity contribution in [3.63, 3.8) is 0 Å². The Morgan fingerprint density at radius 2 is 1.84 bits per heavy atom. The highest BCUT2D eigenvalue weighted by Gasteiger charge is 2.16. The first-order valence-electron chi connectivity index (χ1n) is 10.6. The average Bonchev–Trinajstić information content (AvgIpc) is 3.22. The fourth-order valence-corrected chi connectivity index (χ4v) is 4.72. The van der Waals surface area contributed by atoms with Gasteiger partial charge in [0.05, 0.1) is 22.0 Å². The van der Waals surface area contributed by atoms with Gasteiger partial charge in [-0.05, 0) is 49.9 Å². The lowest BCUT2D eigenvalue weighted by Gasteiger charge is -2.12. The van der Waals surface area contributed by atoms with Gasteiger partial charge in [-0.15, -0.1) is 11.3 Å². The molecule has 0 aliphatic heterocycles. The minimum Gasteiger partial charge on any atom is -0.483 e.